The number of aromatic nitrogens is 5. The number of phenolic OH excluding ortho intramolecular Hbond substituents is 1. The lowest BCUT2D eigenvalue weighted by Gasteiger charge is -2.37. The van der Waals surface area contributed by atoms with Crippen molar-refractivity contribution in [3.63, 3.8) is 0 Å². The second-order valence-electron chi connectivity index (χ2n) is 8.21. The highest BCUT2D eigenvalue weighted by Crippen LogP contribution is 2.34. The summed E-state index contributed by atoms with van der Waals surface area (Å²) in [5.74, 6) is 0.361. The van der Waals surface area contributed by atoms with Crippen molar-refractivity contribution in [1.82, 2.24) is 25.1 Å². The zero-order valence-corrected chi connectivity index (χ0v) is 18.7. The van der Waals surface area contributed by atoms with Crippen molar-refractivity contribution in [3.05, 3.63) is 36.4 Å². The molecule has 0 amide bonds. The van der Waals surface area contributed by atoms with Gasteiger partial charge in [0.25, 0.3) is 0 Å². The second-order valence-corrected chi connectivity index (χ2v) is 8.21. The lowest BCUT2D eigenvalue weighted by Crippen LogP contribution is -2.44. The molecule has 2 aromatic heterocycles. The van der Waals surface area contributed by atoms with Gasteiger partial charge in [-0.3, -0.25) is 0 Å². The van der Waals surface area contributed by atoms with Gasteiger partial charge in [0.1, 0.15) is 17.6 Å². The summed E-state index contributed by atoms with van der Waals surface area (Å²) >= 11 is 0. The molecule has 3 aromatic rings. The van der Waals surface area contributed by atoms with Crippen LogP contribution in [0.5, 0.6) is 11.8 Å². The van der Waals surface area contributed by atoms with Gasteiger partial charge in [0, 0.05) is 12.6 Å². The zero-order chi connectivity index (χ0) is 23.5. The van der Waals surface area contributed by atoms with E-state index in [4.69, 9.17) is 4.74 Å². The van der Waals surface area contributed by atoms with Gasteiger partial charge < -0.3 is 14.7 Å². The van der Waals surface area contributed by atoms with E-state index in [1.54, 1.807) is 24.1 Å². The number of hydrogen-bond acceptors (Lipinski definition) is 8. The monoisotopic (exact) mass is 456 g/mol. The van der Waals surface area contributed by atoms with Crippen molar-refractivity contribution < 1.29 is 18.6 Å². The predicted octanol–water partition coefficient (Wildman–Crippen LogP) is 4.20. The van der Waals surface area contributed by atoms with E-state index in [1.165, 1.54) is 19.4 Å². The number of anilines is 1. The number of alkyl halides is 1. The summed E-state index contributed by atoms with van der Waals surface area (Å²) in [4.78, 5) is 13.8. The maximum absolute atomic E-state index is 14.6. The minimum Gasteiger partial charge on any atom is -0.507 e. The summed E-state index contributed by atoms with van der Waals surface area (Å²) in [6, 6.07) is 4.26. The maximum atomic E-state index is 14.6. The molecule has 1 saturated carbocycles. The molecule has 10 heteroatoms. The Morgan fingerprint density at radius 3 is 2.67 bits per heavy atom. The first-order valence-corrected chi connectivity index (χ1v) is 10.9. The van der Waals surface area contributed by atoms with Crippen LogP contribution in [-0.4, -0.2) is 56.6 Å². The summed E-state index contributed by atoms with van der Waals surface area (Å²) in [5.41, 5.74) is 0.669. The molecule has 1 aromatic carbocycles. The van der Waals surface area contributed by atoms with Crippen LogP contribution >= 0.6 is 0 Å². The highest BCUT2D eigenvalue weighted by atomic mass is 19.1. The van der Waals surface area contributed by atoms with Crippen LogP contribution in [0.2, 0.25) is 0 Å². The molecule has 0 saturated heterocycles. The van der Waals surface area contributed by atoms with Gasteiger partial charge in [-0.1, -0.05) is 19.4 Å². The Hall–Kier alpha value is -3.43. The number of nitrogens with zero attached hydrogens (tertiary/aromatic N) is 6. The fourth-order valence-corrected chi connectivity index (χ4v) is 4.21. The molecule has 2 heterocycles. The third kappa shape index (κ3) is 4.69. The average molecular weight is 456 g/mol. The molecule has 1 N–H and O–H groups in total. The zero-order valence-electron chi connectivity index (χ0n) is 18.7. The Balaban J connectivity index is 1.56. The van der Waals surface area contributed by atoms with E-state index < -0.39 is 12.0 Å². The van der Waals surface area contributed by atoms with E-state index in [2.05, 4.69) is 32.1 Å². The van der Waals surface area contributed by atoms with E-state index in [1.807, 2.05) is 0 Å². The standard InChI is InChI=1S/C23H26F2N6O2/c1-4-13-5-8-16(24)18(9-13)31(2)20-12-26-22(30-29-20)15-7-6-14(10-19(15)32)21-17(25)11-27-23(28-21)33-3/h6-7,10-13,16,18,32H,4-5,8-9H2,1-3H3/t13-,16+,18-/m1/s1. The quantitative estimate of drug-likeness (QED) is 0.589. The number of ether oxygens (including phenoxy) is 1. The van der Waals surface area contributed by atoms with Gasteiger partial charge in [-0.2, -0.15) is 4.98 Å². The van der Waals surface area contributed by atoms with Gasteiger partial charge in [0.05, 0.1) is 31.1 Å². The Morgan fingerprint density at radius 2 is 2.00 bits per heavy atom. The minimum atomic E-state index is -0.920. The molecule has 0 bridgehead atoms. The van der Waals surface area contributed by atoms with E-state index >= 15 is 0 Å². The molecule has 1 aliphatic rings. The summed E-state index contributed by atoms with van der Waals surface area (Å²) in [5, 5.41) is 18.9. The van der Waals surface area contributed by atoms with Gasteiger partial charge in [-0.25, -0.2) is 18.7 Å². The molecule has 0 unspecified atom stereocenters. The molecule has 3 atom stereocenters. The lowest BCUT2D eigenvalue weighted by atomic mass is 9.82. The smallest absolute Gasteiger partial charge is 0.316 e. The highest BCUT2D eigenvalue weighted by molar-refractivity contribution is 5.71. The van der Waals surface area contributed by atoms with Gasteiger partial charge in [-0.15, -0.1) is 10.2 Å². The molecule has 174 valence electrons. The average Bonchev–Trinajstić information content (AvgIpc) is 2.84. The second kappa shape index (κ2) is 9.60. The van der Waals surface area contributed by atoms with Crippen molar-refractivity contribution in [2.75, 3.05) is 19.1 Å². The van der Waals surface area contributed by atoms with Crippen molar-refractivity contribution in [2.24, 2.45) is 5.92 Å². The number of phenols is 1. The van der Waals surface area contributed by atoms with Crippen LogP contribution in [0.1, 0.15) is 32.6 Å². The number of hydrogen-bond donors (Lipinski definition) is 1. The van der Waals surface area contributed by atoms with Crippen molar-refractivity contribution in [3.8, 4) is 34.4 Å². The number of rotatable bonds is 6. The normalized spacial score (nSPS) is 20.5. The van der Waals surface area contributed by atoms with Crippen LogP contribution in [0.25, 0.3) is 22.6 Å². The fourth-order valence-electron chi connectivity index (χ4n) is 4.21. The fraction of sp³-hybridized carbons (Fsp3) is 0.435. The minimum absolute atomic E-state index is 0.00152. The van der Waals surface area contributed by atoms with Crippen LogP contribution in [0, 0.1) is 11.7 Å². The van der Waals surface area contributed by atoms with Crippen LogP contribution in [-0.2, 0) is 0 Å². The highest BCUT2D eigenvalue weighted by Gasteiger charge is 2.33. The van der Waals surface area contributed by atoms with Gasteiger partial charge in [0.15, 0.2) is 17.5 Å². The third-order valence-corrected chi connectivity index (χ3v) is 6.25. The van der Waals surface area contributed by atoms with E-state index in [-0.39, 0.29) is 29.3 Å². The van der Waals surface area contributed by atoms with Gasteiger partial charge >= 0.3 is 6.01 Å². The number of benzene rings is 1. The van der Waals surface area contributed by atoms with Crippen molar-refractivity contribution >= 4 is 5.82 Å². The molecule has 4 rings (SSSR count). The molecule has 0 spiro atoms. The Kier molecular flexibility index (Phi) is 6.62. The summed E-state index contributed by atoms with van der Waals surface area (Å²) < 4.78 is 33.7. The SMILES string of the molecule is CC[C@@H]1CC[C@H](F)[C@H](N(C)c2cnc(-c3ccc(-c4nc(OC)ncc4F)cc3O)nn2)C1. The molecule has 8 nitrogen and oxygen atoms in total. The molecule has 0 aliphatic heterocycles. The number of halogens is 2. The first-order chi connectivity index (χ1) is 15.9. The van der Waals surface area contributed by atoms with E-state index in [0.29, 0.717) is 29.3 Å². The topological polar surface area (TPSA) is 97.2 Å². The predicted molar refractivity (Wildman–Crippen MR) is 119 cm³/mol. The first kappa shape index (κ1) is 22.8. The summed E-state index contributed by atoms with van der Waals surface area (Å²) in [6.45, 7) is 2.13. The number of methoxy groups -OCH3 is 1. The van der Waals surface area contributed by atoms with Crippen LogP contribution in [0.4, 0.5) is 14.6 Å². The van der Waals surface area contributed by atoms with E-state index in [9.17, 15) is 13.9 Å². The Morgan fingerprint density at radius 1 is 1.18 bits per heavy atom. The van der Waals surface area contributed by atoms with Gasteiger partial charge in [0.2, 0.25) is 0 Å². The molecule has 1 fully saturated rings. The molecule has 1 aliphatic carbocycles. The molecular formula is C23H26F2N6O2. The van der Waals surface area contributed by atoms with Gasteiger partial charge in [-0.05, 0) is 37.3 Å². The Bertz CT molecular complexity index is 1110. The summed E-state index contributed by atoms with van der Waals surface area (Å²) in [6.07, 6.45) is 4.86. The lowest BCUT2D eigenvalue weighted by molar-refractivity contribution is 0.170. The molecule has 33 heavy (non-hydrogen) atoms. The summed E-state index contributed by atoms with van der Waals surface area (Å²) in [7, 11) is 3.19. The van der Waals surface area contributed by atoms with Crippen molar-refractivity contribution in [1.29, 1.82) is 0 Å². The molecule has 0 radical (unpaired) electrons. The number of aromatic hydroxyl groups is 1. The third-order valence-electron chi connectivity index (χ3n) is 6.25. The van der Waals surface area contributed by atoms with Crippen LogP contribution < -0.4 is 9.64 Å². The van der Waals surface area contributed by atoms with Crippen LogP contribution in [0.3, 0.4) is 0 Å². The molecular weight excluding hydrogens is 430 g/mol. The van der Waals surface area contributed by atoms with Crippen LogP contribution in [0.15, 0.2) is 30.6 Å². The largest absolute Gasteiger partial charge is 0.507 e. The Labute approximate surface area is 190 Å². The maximum Gasteiger partial charge on any atom is 0.316 e. The van der Waals surface area contributed by atoms with Crippen molar-refractivity contribution in [2.45, 2.75) is 44.8 Å². The van der Waals surface area contributed by atoms with E-state index in [0.717, 1.165) is 25.5 Å². The first-order valence-electron chi connectivity index (χ1n) is 10.9.